The van der Waals surface area contributed by atoms with E-state index in [1.54, 1.807) is 6.92 Å². The van der Waals surface area contributed by atoms with Crippen molar-refractivity contribution in [2.45, 2.75) is 57.6 Å². The van der Waals surface area contributed by atoms with Crippen LogP contribution in [-0.2, 0) is 0 Å². The number of anilines is 1. The molecule has 0 amide bonds. The molecule has 3 rings (SSSR count). The molecular weight excluding hydrogens is 253 g/mol. The predicted molar refractivity (Wildman–Crippen MR) is 79.4 cm³/mol. The summed E-state index contributed by atoms with van der Waals surface area (Å²) in [4.78, 5) is 2.29. The van der Waals surface area contributed by atoms with Gasteiger partial charge in [0.2, 0.25) is 0 Å². The number of fused-ring (bicyclic) bond motifs is 1. The largest absolute Gasteiger partial charge is 0.389 e. The highest BCUT2D eigenvalue weighted by Gasteiger charge is 2.34. The summed E-state index contributed by atoms with van der Waals surface area (Å²) in [5, 5.41) is 9.56. The van der Waals surface area contributed by atoms with Gasteiger partial charge in [0, 0.05) is 12.6 Å². The third kappa shape index (κ3) is 2.56. The minimum absolute atomic E-state index is 0.186. The lowest BCUT2D eigenvalue weighted by Crippen LogP contribution is -2.47. The summed E-state index contributed by atoms with van der Waals surface area (Å²) in [5.41, 5.74) is 1.38. The molecule has 3 atom stereocenters. The van der Waals surface area contributed by atoms with Crippen LogP contribution < -0.4 is 4.90 Å². The van der Waals surface area contributed by atoms with Crippen LogP contribution in [0.1, 0.15) is 57.1 Å². The van der Waals surface area contributed by atoms with Crippen LogP contribution in [0, 0.1) is 11.7 Å². The van der Waals surface area contributed by atoms with Gasteiger partial charge in [-0.15, -0.1) is 0 Å². The maximum absolute atomic E-state index is 14.4. The summed E-state index contributed by atoms with van der Waals surface area (Å²) in [6.45, 7) is 2.64. The molecule has 2 fully saturated rings. The van der Waals surface area contributed by atoms with Gasteiger partial charge in [-0.05, 0) is 56.2 Å². The summed E-state index contributed by atoms with van der Waals surface area (Å²) in [6.07, 6.45) is 6.95. The van der Waals surface area contributed by atoms with E-state index in [4.69, 9.17) is 0 Å². The van der Waals surface area contributed by atoms with E-state index >= 15 is 0 Å². The van der Waals surface area contributed by atoms with E-state index in [0.29, 0.717) is 11.6 Å². The maximum atomic E-state index is 14.4. The number of hydrogen-bond donors (Lipinski definition) is 1. The fourth-order valence-electron chi connectivity index (χ4n) is 3.94. The molecule has 20 heavy (non-hydrogen) atoms. The number of aliphatic hydroxyl groups excluding tert-OH is 1. The summed E-state index contributed by atoms with van der Waals surface area (Å²) < 4.78 is 14.4. The molecule has 3 heteroatoms. The molecule has 110 valence electrons. The van der Waals surface area contributed by atoms with Crippen molar-refractivity contribution in [3.05, 3.63) is 29.6 Å². The number of aliphatic hydroxyl groups is 1. The zero-order chi connectivity index (χ0) is 14.1. The van der Waals surface area contributed by atoms with Crippen LogP contribution in [0.3, 0.4) is 0 Å². The van der Waals surface area contributed by atoms with Gasteiger partial charge in [0.1, 0.15) is 5.82 Å². The van der Waals surface area contributed by atoms with E-state index in [2.05, 4.69) is 4.90 Å². The molecule has 0 spiro atoms. The Bertz CT molecular complexity index is 472. The molecule has 0 radical (unpaired) electrons. The standard InChI is InChI=1S/C17H24FNO/c1-12(20)14-8-9-17(15(18)11-14)19-10-4-6-13-5-2-3-7-16(13)19/h8-9,11-13,16,20H,2-7,10H2,1H3/t12-,13?,16?/m0/s1. The van der Waals surface area contributed by atoms with Crippen molar-refractivity contribution < 1.29 is 9.50 Å². The zero-order valence-electron chi connectivity index (χ0n) is 12.2. The summed E-state index contributed by atoms with van der Waals surface area (Å²) >= 11 is 0. The number of hydrogen-bond acceptors (Lipinski definition) is 2. The second-order valence-corrected chi connectivity index (χ2v) is 6.33. The normalized spacial score (nSPS) is 28.1. The minimum Gasteiger partial charge on any atom is -0.389 e. The van der Waals surface area contributed by atoms with Crippen molar-refractivity contribution in [2.75, 3.05) is 11.4 Å². The van der Waals surface area contributed by atoms with Crippen molar-refractivity contribution in [1.82, 2.24) is 0 Å². The zero-order valence-corrected chi connectivity index (χ0v) is 12.2. The van der Waals surface area contributed by atoms with Crippen molar-refractivity contribution in [3.63, 3.8) is 0 Å². The van der Waals surface area contributed by atoms with Crippen LogP contribution in [0.2, 0.25) is 0 Å². The van der Waals surface area contributed by atoms with E-state index in [1.807, 2.05) is 12.1 Å². The Morgan fingerprint density at radius 1 is 1.20 bits per heavy atom. The van der Waals surface area contributed by atoms with Crippen molar-refractivity contribution >= 4 is 5.69 Å². The van der Waals surface area contributed by atoms with Gasteiger partial charge in [-0.2, -0.15) is 0 Å². The van der Waals surface area contributed by atoms with Crippen molar-refractivity contribution in [3.8, 4) is 0 Å². The third-order valence-corrected chi connectivity index (χ3v) is 5.01. The van der Waals surface area contributed by atoms with E-state index in [9.17, 15) is 9.50 Å². The molecule has 1 saturated carbocycles. The summed E-state index contributed by atoms with van der Waals surface area (Å²) in [6, 6.07) is 5.72. The molecule has 0 aromatic heterocycles. The SMILES string of the molecule is C[C@H](O)c1ccc(N2CCCC3CCCCC32)c(F)c1. The number of rotatable bonds is 2. The van der Waals surface area contributed by atoms with Crippen LogP contribution >= 0.6 is 0 Å². The second-order valence-electron chi connectivity index (χ2n) is 6.33. The van der Waals surface area contributed by atoms with Gasteiger partial charge in [-0.3, -0.25) is 0 Å². The summed E-state index contributed by atoms with van der Waals surface area (Å²) in [7, 11) is 0. The number of piperidine rings is 1. The van der Waals surface area contributed by atoms with Gasteiger partial charge in [0.25, 0.3) is 0 Å². The van der Waals surface area contributed by atoms with Crippen LogP contribution in [0.25, 0.3) is 0 Å². The highest BCUT2D eigenvalue weighted by atomic mass is 19.1. The van der Waals surface area contributed by atoms with Crippen molar-refractivity contribution in [2.24, 2.45) is 5.92 Å². The van der Waals surface area contributed by atoms with Crippen LogP contribution in [-0.4, -0.2) is 17.7 Å². The Morgan fingerprint density at radius 2 is 1.95 bits per heavy atom. The first kappa shape index (κ1) is 13.9. The molecule has 1 heterocycles. The van der Waals surface area contributed by atoms with Gasteiger partial charge in [0.15, 0.2) is 0 Å². The molecule has 2 nitrogen and oxygen atoms in total. The van der Waals surface area contributed by atoms with Gasteiger partial charge in [0.05, 0.1) is 11.8 Å². The quantitative estimate of drug-likeness (QED) is 0.882. The van der Waals surface area contributed by atoms with Gasteiger partial charge in [-0.25, -0.2) is 4.39 Å². The van der Waals surface area contributed by atoms with Crippen LogP contribution in [0.5, 0.6) is 0 Å². The fourth-order valence-corrected chi connectivity index (χ4v) is 3.94. The first-order valence-electron chi connectivity index (χ1n) is 7.91. The number of halogens is 1. The Hall–Kier alpha value is -1.09. The third-order valence-electron chi connectivity index (χ3n) is 5.01. The molecular formula is C17H24FNO. The van der Waals surface area contributed by atoms with Gasteiger partial charge >= 0.3 is 0 Å². The number of nitrogens with zero attached hydrogens (tertiary/aromatic N) is 1. The average Bonchev–Trinajstić information content (AvgIpc) is 2.46. The maximum Gasteiger partial charge on any atom is 0.146 e. The van der Waals surface area contributed by atoms with E-state index in [-0.39, 0.29) is 5.82 Å². The second kappa shape index (κ2) is 5.72. The number of benzene rings is 1. The molecule has 1 N–H and O–H groups in total. The molecule has 1 aromatic carbocycles. The first-order chi connectivity index (χ1) is 9.66. The molecule has 1 aliphatic carbocycles. The van der Waals surface area contributed by atoms with Gasteiger partial charge in [-0.1, -0.05) is 18.9 Å². The molecule has 2 unspecified atom stereocenters. The van der Waals surface area contributed by atoms with Crippen LogP contribution in [0.15, 0.2) is 18.2 Å². The summed E-state index contributed by atoms with van der Waals surface area (Å²) in [5.74, 6) is 0.558. The Morgan fingerprint density at radius 3 is 2.70 bits per heavy atom. The molecule has 0 bridgehead atoms. The lowest BCUT2D eigenvalue weighted by Gasteiger charge is -2.45. The lowest BCUT2D eigenvalue weighted by molar-refractivity contribution is 0.198. The molecule has 1 saturated heterocycles. The molecule has 2 aliphatic rings. The predicted octanol–water partition coefficient (Wildman–Crippen LogP) is 4.04. The average molecular weight is 277 g/mol. The van der Waals surface area contributed by atoms with Gasteiger partial charge < -0.3 is 10.0 Å². The highest BCUT2D eigenvalue weighted by molar-refractivity contribution is 5.51. The fraction of sp³-hybridized carbons (Fsp3) is 0.647. The molecule has 1 aliphatic heterocycles. The monoisotopic (exact) mass is 277 g/mol. The minimum atomic E-state index is -0.609. The first-order valence-corrected chi connectivity index (χ1v) is 7.91. The highest BCUT2D eigenvalue weighted by Crippen LogP contribution is 2.38. The lowest BCUT2D eigenvalue weighted by atomic mass is 9.78. The molecule has 1 aromatic rings. The van der Waals surface area contributed by atoms with E-state index in [1.165, 1.54) is 44.6 Å². The van der Waals surface area contributed by atoms with E-state index < -0.39 is 6.10 Å². The Labute approximate surface area is 120 Å². The van der Waals surface area contributed by atoms with Crippen LogP contribution in [0.4, 0.5) is 10.1 Å². The Kier molecular flexibility index (Phi) is 3.97. The topological polar surface area (TPSA) is 23.5 Å². The smallest absolute Gasteiger partial charge is 0.146 e. The van der Waals surface area contributed by atoms with Crippen molar-refractivity contribution in [1.29, 1.82) is 0 Å². The Balaban J connectivity index is 1.87. The van der Waals surface area contributed by atoms with E-state index in [0.717, 1.165) is 18.2 Å².